The van der Waals surface area contributed by atoms with Crippen LogP contribution in [0.25, 0.3) is 0 Å². The highest BCUT2D eigenvalue weighted by atomic mass is 16.4. The van der Waals surface area contributed by atoms with Crippen molar-refractivity contribution in [1.82, 2.24) is 0 Å². The highest BCUT2D eigenvalue weighted by molar-refractivity contribution is 5.99. The number of hydrogen-bond donors (Lipinski definition) is 3. The largest absolute Gasteiger partial charge is 0.481 e. The summed E-state index contributed by atoms with van der Waals surface area (Å²) >= 11 is 0. The zero-order valence-corrected chi connectivity index (χ0v) is 10.7. The first-order valence-corrected chi connectivity index (χ1v) is 6.07. The highest BCUT2D eigenvalue weighted by Gasteiger charge is 2.03. The smallest absolute Gasteiger partial charge is 0.323 e. The van der Waals surface area contributed by atoms with E-state index in [1.54, 1.807) is 36.4 Å². The summed E-state index contributed by atoms with van der Waals surface area (Å²) in [5, 5.41) is 14.0. The van der Waals surface area contributed by atoms with E-state index in [0.29, 0.717) is 16.9 Å². The standard InChI is InChI=1S/C15H14N2O3/c18-14(19)10-11-6-8-13(9-7-11)17-15(20)16-12-4-2-1-3-5-12/h1-9H,10H2,(H,18,19)(H2,16,17,20). The minimum Gasteiger partial charge on any atom is -0.481 e. The van der Waals surface area contributed by atoms with Gasteiger partial charge in [-0.05, 0) is 29.8 Å². The van der Waals surface area contributed by atoms with Crippen LogP contribution in [0.4, 0.5) is 16.2 Å². The molecule has 0 spiro atoms. The van der Waals surface area contributed by atoms with Gasteiger partial charge in [0, 0.05) is 11.4 Å². The Kier molecular flexibility index (Phi) is 4.34. The SMILES string of the molecule is O=C(O)Cc1ccc(NC(=O)Nc2ccccc2)cc1. The Morgan fingerprint density at radius 2 is 1.40 bits per heavy atom. The summed E-state index contributed by atoms with van der Waals surface area (Å²) < 4.78 is 0. The molecule has 0 aliphatic rings. The lowest BCUT2D eigenvalue weighted by Crippen LogP contribution is -2.19. The molecule has 0 saturated carbocycles. The lowest BCUT2D eigenvalue weighted by molar-refractivity contribution is -0.136. The topological polar surface area (TPSA) is 78.4 Å². The molecule has 0 atom stereocenters. The number of carbonyl (C=O) groups is 2. The molecule has 102 valence electrons. The number of carboxylic acid groups (broad SMARTS) is 1. The van der Waals surface area contributed by atoms with Crippen LogP contribution in [0.3, 0.4) is 0 Å². The monoisotopic (exact) mass is 270 g/mol. The van der Waals surface area contributed by atoms with Crippen molar-refractivity contribution in [2.75, 3.05) is 10.6 Å². The van der Waals surface area contributed by atoms with Gasteiger partial charge in [0.05, 0.1) is 6.42 Å². The summed E-state index contributed by atoms with van der Waals surface area (Å²) in [6, 6.07) is 15.4. The molecule has 0 aliphatic carbocycles. The fourth-order valence-electron chi connectivity index (χ4n) is 1.70. The van der Waals surface area contributed by atoms with Crippen LogP contribution in [-0.4, -0.2) is 17.1 Å². The van der Waals surface area contributed by atoms with Gasteiger partial charge in [-0.25, -0.2) is 4.79 Å². The minimum atomic E-state index is -0.882. The van der Waals surface area contributed by atoms with Crippen LogP contribution in [0.5, 0.6) is 0 Å². The Balaban J connectivity index is 1.93. The van der Waals surface area contributed by atoms with E-state index < -0.39 is 5.97 Å². The van der Waals surface area contributed by atoms with Crippen LogP contribution < -0.4 is 10.6 Å². The van der Waals surface area contributed by atoms with Crippen molar-refractivity contribution in [2.45, 2.75) is 6.42 Å². The zero-order chi connectivity index (χ0) is 14.4. The van der Waals surface area contributed by atoms with Crippen molar-refractivity contribution in [3.8, 4) is 0 Å². The van der Waals surface area contributed by atoms with E-state index in [2.05, 4.69) is 10.6 Å². The van der Waals surface area contributed by atoms with Crippen LogP contribution in [0.1, 0.15) is 5.56 Å². The van der Waals surface area contributed by atoms with Crippen LogP contribution in [0.2, 0.25) is 0 Å². The molecule has 2 aromatic rings. The second-order valence-electron chi connectivity index (χ2n) is 4.21. The van der Waals surface area contributed by atoms with Crippen molar-refractivity contribution in [1.29, 1.82) is 0 Å². The maximum Gasteiger partial charge on any atom is 0.323 e. The molecule has 0 radical (unpaired) electrons. The number of amides is 2. The average molecular weight is 270 g/mol. The number of para-hydroxylation sites is 1. The molecule has 20 heavy (non-hydrogen) atoms. The van der Waals surface area contributed by atoms with E-state index in [-0.39, 0.29) is 12.5 Å². The summed E-state index contributed by atoms with van der Waals surface area (Å²) in [5.74, 6) is -0.882. The van der Waals surface area contributed by atoms with Crippen molar-refractivity contribution in [3.63, 3.8) is 0 Å². The van der Waals surface area contributed by atoms with Gasteiger partial charge in [-0.2, -0.15) is 0 Å². The first kappa shape index (κ1) is 13.6. The number of anilines is 2. The Morgan fingerprint density at radius 1 is 0.850 bits per heavy atom. The van der Waals surface area contributed by atoms with Gasteiger partial charge >= 0.3 is 12.0 Å². The summed E-state index contributed by atoms with van der Waals surface area (Å²) in [4.78, 5) is 22.3. The molecule has 5 heteroatoms. The fourth-order valence-corrected chi connectivity index (χ4v) is 1.70. The third-order valence-electron chi connectivity index (χ3n) is 2.60. The molecule has 0 fully saturated rings. The lowest BCUT2D eigenvalue weighted by Gasteiger charge is -2.08. The van der Waals surface area contributed by atoms with Crippen LogP contribution in [0.15, 0.2) is 54.6 Å². The summed E-state index contributed by atoms with van der Waals surface area (Å²) in [6.45, 7) is 0. The van der Waals surface area contributed by atoms with E-state index in [1.807, 2.05) is 18.2 Å². The third-order valence-corrected chi connectivity index (χ3v) is 2.60. The number of carboxylic acids is 1. The number of urea groups is 1. The molecule has 0 bridgehead atoms. The maximum absolute atomic E-state index is 11.7. The number of benzene rings is 2. The van der Waals surface area contributed by atoms with Crippen molar-refractivity contribution in [3.05, 3.63) is 60.2 Å². The molecule has 0 unspecified atom stereocenters. The molecular formula is C15H14N2O3. The van der Waals surface area contributed by atoms with Crippen LogP contribution in [-0.2, 0) is 11.2 Å². The average Bonchev–Trinajstić information content (AvgIpc) is 2.41. The number of carbonyl (C=O) groups excluding carboxylic acids is 1. The normalized spacial score (nSPS) is 9.80. The molecule has 0 aliphatic heterocycles. The Morgan fingerprint density at radius 3 is 1.95 bits per heavy atom. The molecule has 0 heterocycles. The van der Waals surface area contributed by atoms with Crippen molar-refractivity contribution in [2.24, 2.45) is 0 Å². The van der Waals surface area contributed by atoms with Gasteiger partial charge in [-0.15, -0.1) is 0 Å². The van der Waals surface area contributed by atoms with E-state index in [4.69, 9.17) is 5.11 Å². The van der Waals surface area contributed by atoms with E-state index in [1.165, 1.54) is 0 Å². The molecule has 2 rings (SSSR count). The second-order valence-corrected chi connectivity index (χ2v) is 4.21. The molecule has 3 N–H and O–H groups in total. The number of rotatable bonds is 4. The van der Waals surface area contributed by atoms with Crippen molar-refractivity contribution < 1.29 is 14.7 Å². The van der Waals surface area contributed by atoms with Crippen LogP contribution >= 0.6 is 0 Å². The highest BCUT2D eigenvalue weighted by Crippen LogP contribution is 2.11. The number of hydrogen-bond acceptors (Lipinski definition) is 2. The van der Waals surface area contributed by atoms with Gasteiger partial charge in [-0.3, -0.25) is 4.79 Å². The van der Waals surface area contributed by atoms with Gasteiger partial charge in [0.25, 0.3) is 0 Å². The fraction of sp³-hybridized carbons (Fsp3) is 0.0667. The molecule has 0 aromatic heterocycles. The molecule has 2 amide bonds. The van der Waals surface area contributed by atoms with Crippen molar-refractivity contribution >= 4 is 23.4 Å². The maximum atomic E-state index is 11.7. The number of nitrogens with one attached hydrogen (secondary N) is 2. The van der Waals surface area contributed by atoms with E-state index >= 15 is 0 Å². The van der Waals surface area contributed by atoms with Gasteiger partial charge in [0.15, 0.2) is 0 Å². The van der Waals surface area contributed by atoms with Gasteiger partial charge < -0.3 is 15.7 Å². The number of aliphatic carboxylic acids is 1. The van der Waals surface area contributed by atoms with Gasteiger partial charge in [0.1, 0.15) is 0 Å². The predicted molar refractivity (Wildman–Crippen MR) is 76.9 cm³/mol. The molecule has 2 aromatic carbocycles. The lowest BCUT2D eigenvalue weighted by atomic mass is 10.1. The van der Waals surface area contributed by atoms with E-state index in [9.17, 15) is 9.59 Å². The first-order chi connectivity index (χ1) is 9.63. The Hall–Kier alpha value is -2.82. The summed E-state index contributed by atoms with van der Waals surface area (Å²) in [7, 11) is 0. The first-order valence-electron chi connectivity index (χ1n) is 6.07. The second kappa shape index (κ2) is 6.38. The summed E-state index contributed by atoms with van der Waals surface area (Å²) in [5.41, 5.74) is 1.99. The quantitative estimate of drug-likeness (QED) is 0.799. The predicted octanol–water partition coefficient (Wildman–Crippen LogP) is 2.96. The summed E-state index contributed by atoms with van der Waals surface area (Å²) in [6.07, 6.45) is -0.0313. The van der Waals surface area contributed by atoms with Crippen LogP contribution in [0, 0.1) is 0 Å². The zero-order valence-electron chi connectivity index (χ0n) is 10.7. The molecule has 0 saturated heterocycles. The van der Waals surface area contributed by atoms with Gasteiger partial charge in [0.2, 0.25) is 0 Å². The molecular weight excluding hydrogens is 256 g/mol. The van der Waals surface area contributed by atoms with E-state index in [0.717, 1.165) is 0 Å². The molecule has 5 nitrogen and oxygen atoms in total. The minimum absolute atomic E-state index is 0.0313. The Bertz CT molecular complexity index is 594. The third kappa shape index (κ3) is 4.13. The van der Waals surface area contributed by atoms with Gasteiger partial charge in [-0.1, -0.05) is 30.3 Å². The Labute approximate surface area is 116 Å².